The smallest absolute Gasteiger partial charge is 0.207 e. The minimum absolute atomic E-state index is 0.404. The van der Waals surface area contributed by atoms with E-state index in [9.17, 15) is 17.2 Å². The van der Waals surface area contributed by atoms with Crippen molar-refractivity contribution in [3.63, 3.8) is 0 Å². The lowest BCUT2D eigenvalue weighted by atomic mass is 10.1. The Balaban J connectivity index is 2.50. The van der Waals surface area contributed by atoms with Gasteiger partial charge in [0.2, 0.25) is 0 Å². The van der Waals surface area contributed by atoms with Crippen LogP contribution < -0.4 is 0 Å². The second-order valence-electron chi connectivity index (χ2n) is 3.59. The summed E-state index contributed by atoms with van der Waals surface area (Å²) < 4.78 is 48.3. The third kappa shape index (κ3) is 2.68. The first-order chi connectivity index (χ1) is 8.38. The van der Waals surface area contributed by atoms with Gasteiger partial charge in [0.15, 0.2) is 0 Å². The summed E-state index contributed by atoms with van der Waals surface area (Å²) in [4.78, 5) is -0.574. The fourth-order valence-corrected chi connectivity index (χ4v) is 2.42. The molecular weight excluding hydrogens is 282 g/mol. The summed E-state index contributed by atoms with van der Waals surface area (Å²) in [6.45, 7) is 0. The van der Waals surface area contributed by atoms with E-state index in [4.69, 9.17) is 10.7 Å². The molecule has 0 saturated carbocycles. The molecule has 2 aromatic rings. The summed E-state index contributed by atoms with van der Waals surface area (Å²) in [7, 11) is 0.964. The molecule has 0 bridgehead atoms. The van der Waals surface area contributed by atoms with E-state index >= 15 is 0 Å². The molecule has 0 saturated heterocycles. The Hall–Kier alpha value is -1.46. The Morgan fingerprint density at radius 1 is 0.889 bits per heavy atom. The minimum Gasteiger partial charge on any atom is -0.207 e. The Morgan fingerprint density at radius 2 is 1.44 bits per heavy atom. The van der Waals surface area contributed by atoms with Crippen LogP contribution in [0.15, 0.2) is 47.4 Å². The standard InChI is InChI=1S/C12H7ClF2O2S/c13-18(16,17)12-6-3-9(7-11(12)15)8-1-4-10(14)5-2-8/h1-7H. The molecule has 2 aromatic carbocycles. The average molecular weight is 289 g/mol. The monoisotopic (exact) mass is 288 g/mol. The number of rotatable bonds is 2. The Bertz CT molecular complexity index is 682. The van der Waals surface area contributed by atoms with Crippen LogP contribution in [0, 0.1) is 11.6 Å². The van der Waals surface area contributed by atoms with Crippen molar-refractivity contribution in [2.45, 2.75) is 4.90 Å². The van der Waals surface area contributed by atoms with Crippen LogP contribution in [0.25, 0.3) is 11.1 Å². The highest BCUT2D eigenvalue weighted by atomic mass is 35.7. The lowest BCUT2D eigenvalue weighted by Crippen LogP contribution is -1.95. The van der Waals surface area contributed by atoms with E-state index in [0.29, 0.717) is 11.1 Å². The van der Waals surface area contributed by atoms with Crippen molar-refractivity contribution in [2.75, 3.05) is 0 Å². The summed E-state index contributed by atoms with van der Waals surface area (Å²) >= 11 is 0. The van der Waals surface area contributed by atoms with Gasteiger partial charge in [-0.05, 0) is 35.4 Å². The first-order valence-corrected chi connectivity index (χ1v) is 7.19. The van der Waals surface area contributed by atoms with Crippen molar-refractivity contribution in [2.24, 2.45) is 0 Å². The van der Waals surface area contributed by atoms with E-state index in [1.807, 2.05) is 0 Å². The van der Waals surface area contributed by atoms with E-state index in [-0.39, 0.29) is 0 Å². The molecular formula is C12H7ClF2O2S. The summed E-state index contributed by atoms with van der Waals surface area (Å²) in [6, 6.07) is 8.95. The predicted molar refractivity (Wildman–Crippen MR) is 64.8 cm³/mol. The van der Waals surface area contributed by atoms with Gasteiger partial charge in [-0.2, -0.15) is 0 Å². The van der Waals surface area contributed by atoms with Gasteiger partial charge in [0.05, 0.1) is 0 Å². The number of benzene rings is 2. The normalized spacial score (nSPS) is 11.5. The summed E-state index contributed by atoms with van der Waals surface area (Å²) in [5.74, 6) is -1.34. The highest BCUT2D eigenvalue weighted by molar-refractivity contribution is 8.13. The van der Waals surface area contributed by atoms with Crippen LogP contribution in [-0.4, -0.2) is 8.42 Å². The van der Waals surface area contributed by atoms with Crippen molar-refractivity contribution in [1.82, 2.24) is 0 Å². The van der Waals surface area contributed by atoms with Gasteiger partial charge in [0.25, 0.3) is 9.05 Å². The highest BCUT2D eigenvalue weighted by Gasteiger charge is 2.16. The summed E-state index contributed by atoms with van der Waals surface area (Å²) in [5, 5.41) is 0. The first kappa shape index (κ1) is 13.0. The first-order valence-electron chi connectivity index (χ1n) is 4.88. The Morgan fingerprint density at radius 3 is 1.94 bits per heavy atom. The van der Waals surface area contributed by atoms with Crippen LogP contribution in [0.3, 0.4) is 0 Å². The van der Waals surface area contributed by atoms with Crippen molar-refractivity contribution in [3.8, 4) is 11.1 Å². The molecule has 2 nitrogen and oxygen atoms in total. The molecule has 94 valence electrons. The maximum absolute atomic E-state index is 13.6. The molecule has 0 aliphatic rings. The maximum atomic E-state index is 13.6. The second kappa shape index (κ2) is 4.66. The molecule has 6 heteroatoms. The lowest BCUT2D eigenvalue weighted by molar-refractivity contribution is 0.576. The number of halogens is 3. The Labute approximate surface area is 107 Å². The van der Waals surface area contributed by atoms with Gasteiger partial charge in [-0.25, -0.2) is 17.2 Å². The maximum Gasteiger partial charge on any atom is 0.264 e. The van der Waals surface area contributed by atoms with Gasteiger partial charge in [0.1, 0.15) is 16.5 Å². The highest BCUT2D eigenvalue weighted by Crippen LogP contribution is 2.25. The van der Waals surface area contributed by atoms with E-state index in [0.717, 1.165) is 12.1 Å². The van der Waals surface area contributed by atoms with Gasteiger partial charge in [-0.3, -0.25) is 0 Å². The van der Waals surface area contributed by atoms with Crippen molar-refractivity contribution in [3.05, 3.63) is 54.1 Å². The van der Waals surface area contributed by atoms with E-state index in [1.165, 1.54) is 30.3 Å². The van der Waals surface area contributed by atoms with Crippen LogP contribution in [0.5, 0.6) is 0 Å². The van der Waals surface area contributed by atoms with Crippen LogP contribution in [0.1, 0.15) is 0 Å². The molecule has 0 aliphatic carbocycles. The molecule has 0 radical (unpaired) electrons. The number of hydrogen-bond donors (Lipinski definition) is 0. The molecule has 0 atom stereocenters. The molecule has 0 heterocycles. The summed E-state index contributed by atoms with van der Waals surface area (Å²) in [5.41, 5.74) is 1.02. The van der Waals surface area contributed by atoms with Gasteiger partial charge in [0, 0.05) is 10.7 Å². The van der Waals surface area contributed by atoms with Gasteiger partial charge < -0.3 is 0 Å². The van der Waals surface area contributed by atoms with Crippen LogP contribution in [0.4, 0.5) is 8.78 Å². The predicted octanol–water partition coefficient (Wildman–Crippen LogP) is 3.56. The zero-order valence-electron chi connectivity index (χ0n) is 8.90. The van der Waals surface area contributed by atoms with Gasteiger partial charge in [-0.15, -0.1) is 0 Å². The van der Waals surface area contributed by atoms with Crippen LogP contribution in [0.2, 0.25) is 0 Å². The second-order valence-corrected chi connectivity index (χ2v) is 6.12. The van der Waals surface area contributed by atoms with E-state index < -0.39 is 25.6 Å². The molecule has 2 rings (SSSR count). The van der Waals surface area contributed by atoms with Crippen molar-refractivity contribution in [1.29, 1.82) is 0 Å². The zero-order valence-corrected chi connectivity index (χ0v) is 10.5. The van der Waals surface area contributed by atoms with Gasteiger partial charge in [-0.1, -0.05) is 18.2 Å². The third-order valence-electron chi connectivity index (χ3n) is 2.37. The molecule has 0 aliphatic heterocycles. The molecule has 0 fully saturated rings. The van der Waals surface area contributed by atoms with E-state index in [1.54, 1.807) is 0 Å². The molecule has 0 amide bonds. The van der Waals surface area contributed by atoms with Crippen molar-refractivity contribution < 1.29 is 17.2 Å². The molecule has 0 unspecified atom stereocenters. The minimum atomic E-state index is -4.10. The van der Waals surface area contributed by atoms with Crippen molar-refractivity contribution >= 4 is 19.7 Å². The molecule has 0 aromatic heterocycles. The SMILES string of the molecule is O=S(=O)(Cl)c1ccc(-c2ccc(F)cc2)cc1F. The fourth-order valence-electron chi connectivity index (χ4n) is 1.52. The fraction of sp³-hybridized carbons (Fsp3) is 0. The molecule has 18 heavy (non-hydrogen) atoms. The zero-order chi connectivity index (χ0) is 13.3. The van der Waals surface area contributed by atoms with E-state index in [2.05, 4.69) is 0 Å². The van der Waals surface area contributed by atoms with Crippen LogP contribution in [-0.2, 0) is 9.05 Å². The largest absolute Gasteiger partial charge is 0.264 e. The third-order valence-corrected chi connectivity index (χ3v) is 3.73. The lowest BCUT2D eigenvalue weighted by Gasteiger charge is -2.04. The quantitative estimate of drug-likeness (QED) is 0.792. The average Bonchev–Trinajstić information content (AvgIpc) is 2.28. The summed E-state index contributed by atoms with van der Waals surface area (Å²) in [6.07, 6.45) is 0. The Kier molecular flexibility index (Phi) is 3.36. The molecule has 0 spiro atoms. The van der Waals surface area contributed by atoms with Gasteiger partial charge >= 0.3 is 0 Å². The van der Waals surface area contributed by atoms with Crippen LogP contribution >= 0.6 is 10.7 Å². The topological polar surface area (TPSA) is 34.1 Å². The molecule has 0 N–H and O–H groups in total. The number of hydrogen-bond acceptors (Lipinski definition) is 2.